The van der Waals surface area contributed by atoms with Gasteiger partial charge in [-0.05, 0) is 51.7 Å². The molecule has 4 atom stereocenters. The maximum Gasteiger partial charge on any atom is 0.236 e. The Labute approximate surface area is 269 Å². The van der Waals surface area contributed by atoms with Crippen molar-refractivity contribution in [3.63, 3.8) is 0 Å². The van der Waals surface area contributed by atoms with Gasteiger partial charge >= 0.3 is 0 Å². The molecule has 4 N–H and O–H groups in total. The third-order valence-electron chi connectivity index (χ3n) is 10.0. The Hall–Kier alpha value is -4.28. The first kappa shape index (κ1) is 31.7. The Morgan fingerprint density at radius 3 is 1.50 bits per heavy atom. The van der Waals surface area contributed by atoms with Gasteiger partial charge in [-0.15, -0.1) is 0 Å². The van der Waals surface area contributed by atoms with Crippen LogP contribution in [0.25, 0.3) is 21.8 Å². The van der Waals surface area contributed by atoms with Crippen LogP contribution in [-0.4, -0.2) is 70.8 Å². The lowest BCUT2D eigenvalue weighted by Gasteiger charge is -2.24. The SMILES string of the molecule is CC(NCC1CCc2c(c3ccccc3n2C)C1=O)C(=O)NCCNC(=O)C(C)NCC1CCc2c(c3ccccc3n2C)C1=O. The molecule has 2 aromatic heterocycles. The first-order valence-corrected chi connectivity index (χ1v) is 16.4. The van der Waals surface area contributed by atoms with Crippen molar-refractivity contribution < 1.29 is 19.2 Å². The summed E-state index contributed by atoms with van der Waals surface area (Å²) in [5, 5.41) is 14.2. The smallest absolute Gasteiger partial charge is 0.236 e. The molecule has 2 aromatic carbocycles. The highest BCUT2D eigenvalue weighted by Crippen LogP contribution is 2.34. The van der Waals surface area contributed by atoms with E-state index in [0.717, 1.165) is 70.0 Å². The number of benzene rings is 2. The highest BCUT2D eigenvalue weighted by atomic mass is 16.2. The van der Waals surface area contributed by atoms with E-state index in [9.17, 15) is 19.2 Å². The molecule has 10 nitrogen and oxygen atoms in total. The summed E-state index contributed by atoms with van der Waals surface area (Å²) in [4.78, 5) is 52.2. The molecule has 2 aliphatic carbocycles. The molecule has 46 heavy (non-hydrogen) atoms. The van der Waals surface area contributed by atoms with Crippen molar-refractivity contribution in [3.05, 3.63) is 71.0 Å². The molecule has 0 bridgehead atoms. The summed E-state index contributed by atoms with van der Waals surface area (Å²) >= 11 is 0. The van der Waals surface area contributed by atoms with E-state index in [-0.39, 0.29) is 48.3 Å². The van der Waals surface area contributed by atoms with Gasteiger partial charge in [-0.25, -0.2) is 0 Å². The molecule has 0 fully saturated rings. The molecule has 2 heterocycles. The molecule has 0 radical (unpaired) electrons. The number of amides is 2. The second-order valence-corrected chi connectivity index (χ2v) is 12.8. The highest BCUT2D eigenvalue weighted by molar-refractivity contribution is 6.12. The van der Waals surface area contributed by atoms with E-state index in [1.54, 1.807) is 13.8 Å². The molecule has 0 spiro atoms. The number of hydrogen-bond acceptors (Lipinski definition) is 6. The Balaban J connectivity index is 0.910. The van der Waals surface area contributed by atoms with Gasteiger partial charge in [0.15, 0.2) is 11.6 Å². The molecule has 0 aliphatic heterocycles. The topological polar surface area (TPSA) is 126 Å². The number of carbonyl (C=O) groups is 4. The highest BCUT2D eigenvalue weighted by Gasteiger charge is 2.33. The minimum Gasteiger partial charge on any atom is -0.353 e. The summed E-state index contributed by atoms with van der Waals surface area (Å²) in [7, 11) is 4.03. The number of aromatic nitrogens is 2. The van der Waals surface area contributed by atoms with Crippen molar-refractivity contribution in [2.45, 2.75) is 51.6 Å². The average Bonchev–Trinajstić information content (AvgIpc) is 3.53. The van der Waals surface area contributed by atoms with Crippen LogP contribution >= 0.6 is 0 Å². The van der Waals surface area contributed by atoms with Gasteiger partial charge in [0, 0.05) is 96.4 Å². The number of para-hydroxylation sites is 2. The van der Waals surface area contributed by atoms with E-state index in [2.05, 4.69) is 30.4 Å². The Bertz CT molecular complexity index is 1690. The molecule has 4 aromatic rings. The van der Waals surface area contributed by atoms with Crippen LogP contribution in [0, 0.1) is 11.8 Å². The number of rotatable bonds is 11. The minimum absolute atomic E-state index is 0.134. The van der Waals surface area contributed by atoms with Crippen LogP contribution in [-0.2, 0) is 36.5 Å². The molecule has 2 amide bonds. The van der Waals surface area contributed by atoms with E-state index in [1.807, 2.05) is 62.6 Å². The quantitative estimate of drug-likeness (QED) is 0.190. The largest absolute Gasteiger partial charge is 0.353 e. The van der Waals surface area contributed by atoms with Crippen LogP contribution in [0.2, 0.25) is 0 Å². The van der Waals surface area contributed by atoms with Crippen LogP contribution < -0.4 is 21.3 Å². The summed E-state index contributed by atoms with van der Waals surface area (Å²) in [6, 6.07) is 15.0. The molecular formula is C36H44N6O4. The standard InChI is InChI=1S/C36H44N6O4/c1-21(39-19-23-13-15-29-31(33(23)43)25-9-5-7-11-27(25)41(29)3)35(45)37-17-18-38-36(46)22(2)40-20-24-14-16-30-32(34(24)44)26-10-6-8-12-28(26)42(30)4/h5-12,21-24,39-40H,13-20H2,1-4H3,(H,37,45)(H,38,46). The van der Waals surface area contributed by atoms with Crippen molar-refractivity contribution in [1.29, 1.82) is 0 Å². The number of nitrogens with zero attached hydrogens (tertiary/aromatic N) is 2. The van der Waals surface area contributed by atoms with Gasteiger partial charge in [-0.2, -0.15) is 0 Å². The van der Waals surface area contributed by atoms with Crippen molar-refractivity contribution >= 4 is 45.2 Å². The van der Waals surface area contributed by atoms with Crippen molar-refractivity contribution in [1.82, 2.24) is 30.4 Å². The molecule has 6 rings (SSSR count). The van der Waals surface area contributed by atoms with Gasteiger partial charge in [0.25, 0.3) is 0 Å². The fourth-order valence-electron chi connectivity index (χ4n) is 7.21. The molecule has 10 heteroatoms. The molecular weight excluding hydrogens is 580 g/mol. The van der Waals surface area contributed by atoms with E-state index < -0.39 is 12.1 Å². The molecule has 242 valence electrons. The summed E-state index contributed by atoms with van der Waals surface area (Å²) in [6.07, 6.45) is 3.14. The zero-order valence-corrected chi connectivity index (χ0v) is 27.1. The van der Waals surface area contributed by atoms with Gasteiger partial charge in [-0.3, -0.25) is 19.2 Å². The molecule has 2 aliphatic rings. The fourth-order valence-corrected chi connectivity index (χ4v) is 7.21. The Morgan fingerprint density at radius 1 is 0.696 bits per heavy atom. The number of Topliss-reactive ketones (excluding diaryl/α,β-unsaturated/α-hetero) is 2. The second-order valence-electron chi connectivity index (χ2n) is 12.8. The minimum atomic E-state index is -0.478. The van der Waals surface area contributed by atoms with Gasteiger partial charge in [0.1, 0.15) is 0 Å². The first-order chi connectivity index (χ1) is 22.2. The summed E-state index contributed by atoms with van der Waals surface area (Å²) in [5.41, 5.74) is 5.94. The third-order valence-corrected chi connectivity index (χ3v) is 10.0. The number of carbonyl (C=O) groups excluding carboxylic acids is 4. The predicted octanol–water partition coefficient (Wildman–Crippen LogP) is 3.05. The molecule has 4 unspecified atom stereocenters. The Kier molecular flexibility index (Phi) is 9.11. The van der Waals surface area contributed by atoms with Gasteiger partial charge < -0.3 is 30.4 Å². The Morgan fingerprint density at radius 2 is 1.09 bits per heavy atom. The number of aryl methyl sites for hydroxylation is 2. The van der Waals surface area contributed by atoms with Crippen LogP contribution in [0.5, 0.6) is 0 Å². The number of fused-ring (bicyclic) bond motifs is 6. The van der Waals surface area contributed by atoms with E-state index in [0.29, 0.717) is 13.1 Å². The van der Waals surface area contributed by atoms with Gasteiger partial charge in [0.05, 0.1) is 12.1 Å². The number of hydrogen-bond donors (Lipinski definition) is 4. The summed E-state index contributed by atoms with van der Waals surface area (Å²) in [5.74, 6) is -0.458. The number of nitrogens with one attached hydrogen (secondary N) is 4. The maximum atomic E-state index is 13.4. The maximum absolute atomic E-state index is 13.4. The lowest BCUT2D eigenvalue weighted by Crippen LogP contribution is -2.49. The van der Waals surface area contributed by atoms with Crippen molar-refractivity contribution in [3.8, 4) is 0 Å². The summed E-state index contributed by atoms with van der Waals surface area (Å²) in [6.45, 7) is 5.00. The van der Waals surface area contributed by atoms with Crippen LogP contribution in [0.3, 0.4) is 0 Å². The van der Waals surface area contributed by atoms with Gasteiger partial charge in [0.2, 0.25) is 11.8 Å². The second kappa shape index (κ2) is 13.2. The van der Waals surface area contributed by atoms with Crippen LogP contribution in [0.1, 0.15) is 58.8 Å². The monoisotopic (exact) mass is 624 g/mol. The lowest BCUT2D eigenvalue weighted by atomic mass is 9.85. The predicted molar refractivity (Wildman–Crippen MR) is 179 cm³/mol. The number of ketones is 2. The van der Waals surface area contributed by atoms with Crippen molar-refractivity contribution in [2.24, 2.45) is 25.9 Å². The zero-order chi connectivity index (χ0) is 32.5. The fraction of sp³-hybridized carbons (Fsp3) is 0.444. The zero-order valence-electron chi connectivity index (χ0n) is 27.1. The summed E-state index contributed by atoms with van der Waals surface area (Å²) < 4.78 is 4.24. The van der Waals surface area contributed by atoms with Crippen molar-refractivity contribution in [2.75, 3.05) is 26.2 Å². The van der Waals surface area contributed by atoms with E-state index in [4.69, 9.17) is 0 Å². The van der Waals surface area contributed by atoms with E-state index >= 15 is 0 Å². The lowest BCUT2D eigenvalue weighted by molar-refractivity contribution is -0.124. The molecule has 0 saturated heterocycles. The third kappa shape index (κ3) is 5.87. The van der Waals surface area contributed by atoms with E-state index in [1.165, 1.54) is 0 Å². The average molecular weight is 625 g/mol. The van der Waals surface area contributed by atoms with Crippen LogP contribution in [0.15, 0.2) is 48.5 Å². The van der Waals surface area contributed by atoms with Gasteiger partial charge in [-0.1, -0.05) is 36.4 Å². The van der Waals surface area contributed by atoms with Crippen LogP contribution in [0.4, 0.5) is 0 Å². The first-order valence-electron chi connectivity index (χ1n) is 16.4. The normalized spacial score (nSPS) is 19.1. The molecule has 0 saturated carbocycles.